The zero-order valence-electron chi connectivity index (χ0n) is 10.4. The van der Waals surface area contributed by atoms with Crippen LogP contribution in [0.5, 0.6) is 5.75 Å². The fourth-order valence-electron chi connectivity index (χ4n) is 1.34. The highest BCUT2D eigenvalue weighted by Gasteiger charge is 2.17. The monoisotopic (exact) mass is 273 g/mol. The molecule has 0 aliphatic carbocycles. The molecule has 0 aliphatic heterocycles. The summed E-state index contributed by atoms with van der Waals surface area (Å²) in [6.07, 6.45) is -4.01. The molecule has 4 nitrogen and oxygen atoms in total. The van der Waals surface area contributed by atoms with Gasteiger partial charge in [0.1, 0.15) is 11.9 Å². The minimum absolute atomic E-state index is 0.169. The second-order valence-corrected chi connectivity index (χ2v) is 3.97. The maximum absolute atomic E-state index is 12.0. The second kappa shape index (κ2) is 8.42. The number of aliphatic hydroxyl groups is 1. The van der Waals surface area contributed by atoms with Crippen molar-refractivity contribution in [1.29, 1.82) is 0 Å². The van der Waals surface area contributed by atoms with Gasteiger partial charge in [0, 0.05) is 13.0 Å². The number of ether oxygens (including phenoxy) is 1. The molecule has 0 saturated carbocycles. The lowest BCUT2D eigenvalue weighted by Gasteiger charge is -2.10. The standard InChI is InChI=1S/C13H17F2NO3/c14-13(15)11(17)9-16-12(18)7-4-8-19-10-5-2-1-3-6-10/h1-3,5-6,11,13,17H,4,7-9H2,(H,16,18). The summed E-state index contributed by atoms with van der Waals surface area (Å²) in [6.45, 7) is -0.0646. The minimum Gasteiger partial charge on any atom is -0.494 e. The highest BCUT2D eigenvalue weighted by molar-refractivity contribution is 5.75. The Morgan fingerprint density at radius 3 is 2.63 bits per heavy atom. The van der Waals surface area contributed by atoms with Crippen LogP contribution >= 0.6 is 0 Å². The number of hydrogen-bond acceptors (Lipinski definition) is 3. The van der Waals surface area contributed by atoms with E-state index in [9.17, 15) is 13.6 Å². The zero-order valence-corrected chi connectivity index (χ0v) is 10.4. The average Bonchev–Trinajstić information content (AvgIpc) is 2.42. The molecule has 1 amide bonds. The number of nitrogens with one attached hydrogen (secondary N) is 1. The van der Waals surface area contributed by atoms with E-state index in [1.54, 1.807) is 12.1 Å². The number of benzene rings is 1. The van der Waals surface area contributed by atoms with Gasteiger partial charge in [-0.05, 0) is 18.6 Å². The first-order valence-corrected chi connectivity index (χ1v) is 6.00. The number of para-hydroxylation sites is 1. The van der Waals surface area contributed by atoms with Gasteiger partial charge < -0.3 is 15.2 Å². The lowest BCUT2D eigenvalue weighted by Crippen LogP contribution is -2.35. The molecule has 1 unspecified atom stereocenters. The van der Waals surface area contributed by atoms with Crippen molar-refractivity contribution in [2.75, 3.05) is 13.2 Å². The van der Waals surface area contributed by atoms with E-state index in [4.69, 9.17) is 9.84 Å². The number of alkyl halides is 2. The van der Waals surface area contributed by atoms with E-state index in [1.165, 1.54) is 0 Å². The molecular formula is C13H17F2NO3. The van der Waals surface area contributed by atoms with Crippen LogP contribution in [-0.4, -0.2) is 36.7 Å². The number of halogens is 2. The summed E-state index contributed by atoms with van der Waals surface area (Å²) >= 11 is 0. The van der Waals surface area contributed by atoms with Crippen LogP contribution in [0.4, 0.5) is 8.78 Å². The van der Waals surface area contributed by atoms with Crippen molar-refractivity contribution >= 4 is 5.91 Å². The summed E-state index contributed by atoms with van der Waals surface area (Å²) in [5.41, 5.74) is 0. The molecule has 1 atom stereocenters. The highest BCUT2D eigenvalue weighted by Crippen LogP contribution is 2.08. The molecule has 0 radical (unpaired) electrons. The normalized spacial score (nSPS) is 12.2. The average molecular weight is 273 g/mol. The third-order valence-electron chi connectivity index (χ3n) is 2.36. The number of hydrogen-bond donors (Lipinski definition) is 2. The summed E-state index contributed by atoms with van der Waals surface area (Å²) in [7, 11) is 0. The van der Waals surface area contributed by atoms with Crippen molar-refractivity contribution < 1.29 is 23.4 Å². The van der Waals surface area contributed by atoms with Crippen LogP contribution in [0.25, 0.3) is 0 Å². The largest absolute Gasteiger partial charge is 0.494 e. The topological polar surface area (TPSA) is 58.6 Å². The maximum Gasteiger partial charge on any atom is 0.265 e. The van der Waals surface area contributed by atoms with Crippen molar-refractivity contribution in [3.05, 3.63) is 30.3 Å². The van der Waals surface area contributed by atoms with Crippen LogP contribution in [0.2, 0.25) is 0 Å². The van der Waals surface area contributed by atoms with Crippen LogP contribution in [0.1, 0.15) is 12.8 Å². The van der Waals surface area contributed by atoms with E-state index in [2.05, 4.69) is 5.32 Å². The summed E-state index contributed by atoms with van der Waals surface area (Å²) in [6, 6.07) is 9.16. The van der Waals surface area contributed by atoms with Crippen LogP contribution in [0.15, 0.2) is 30.3 Å². The quantitative estimate of drug-likeness (QED) is 0.707. The molecule has 0 saturated heterocycles. The van der Waals surface area contributed by atoms with Gasteiger partial charge in [0.15, 0.2) is 0 Å². The molecular weight excluding hydrogens is 256 g/mol. The molecule has 106 valence electrons. The van der Waals surface area contributed by atoms with Gasteiger partial charge in [-0.2, -0.15) is 0 Å². The summed E-state index contributed by atoms with van der Waals surface area (Å²) < 4.78 is 29.3. The van der Waals surface area contributed by atoms with Gasteiger partial charge in [0.2, 0.25) is 5.91 Å². The van der Waals surface area contributed by atoms with Crippen molar-refractivity contribution in [2.45, 2.75) is 25.4 Å². The first-order valence-electron chi connectivity index (χ1n) is 6.00. The van der Waals surface area contributed by atoms with Gasteiger partial charge in [0.25, 0.3) is 6.43 Å². The van der Waals surface area contributed by atoms with Crippen molar-refractivity contribution in [3.63, 3.8) is 0 Å². The highest BCUT2D eigenvalue weighted by atomic mass is 19.3. The lowest BCUT2D eigenvalue weighted by atomic mass is 10.3. The van der Waals surface area contributed by atoms with E-state index in [0.29, 0.717) is 13.0 Å². The van der Waals surface area contributed by atoms with Gasteiger partial charge in [-0.15, -0.1) is 0 Å². The molecule has 1 aromatic rings. The number of carbonyl (C=O) groups is 1. The molecule has 0 fully saturated rings. The van der Waals surface area contributed by atoms with Crippen molar-refractivity contribution in [1.82, 2.24) is 5.32 Å². The molecule has 0 aromatic heterocycles. The van der Waals surface area contributed by atoms with Crippen LogP contribution in [0, 0.1) is 0 Å². The van der Waals surface area contributed by atoms with Gasteiger partial charge in [-0.25, -0.2) is 8.78 Å². The predicted octanol–water partition coefficient (Wildman–Crippen LogP) is 1.59. The smallest absolute Gasteiger partial charge is 0.265 e. The Morgan fingerprint density at radius 2 is 2.00 bits per heavy atom. The maximum atomic E-state index is 12.0. The van der Waals surface area contributed by atoms with Crippen LogP contribution in [-0.2, 0) is 4.79 Å². The molecule has 0 bridgehead atoms. The summed E-state index contributed by atoms with van der Waals surface area (Å²) in [5, 5.41) is 11.0. The van der Waals surface area contributed by atoms with Crippen LogP contribution in [0.3, 0.4) is 0 Å². The molecule has 6 heteroatoms. The summed E-state index contributed by atoms with van der Waals surface area (Å²) in [4.78, 5) is 11.3. The Balaban J connectivity index is 2.08. The van der Waals surface area contributed by atoms with Gasteiger partial charge >= 0.3 is 0 Å². The Bertz CT molecular complexity index is 373. The number of carbonyl (C=O) groups excluding carboxylic acids is 1. The van der Waals surface area contributed by atoms with Crippen molar-refractivity contribution in [3.8, 4) is 5.75 Å². The number of amides is 1. The molecule has 1 aromatic carbocycles. The Morgan fingerprint density at radius 1 is 1.32 bits per heavy atom. The molecule has 2 N–H and O–H groups in total. The van der Waals surface area contributed by atoms with E-state index in [-0.39, 0.29) is 12.3 Å². The minimum atomic E-state index is -2.85. The third-order valence-corrected chi connectivity index (χ3v) is 2.36. The van der Waals surface area contributed by atoms with E-state index in [1.807, 2.05) is 18.2 Å². The SMILES string of the molecule is O=C(CCCOc1ccccc1)NCC(O)C(F)F. The summed E-state index contributed by atoms with van der Waals surface area (Å²) in [5.74, 6) is 0.340. The third kappa shape index (κ3) is 6.71. The van der Waals surface area contributed by atoms with Gasteiger partial charge in [-0.1, -0.05) is 18.2 Å². The van der Waals surface area contributed by atoms with E-state index in [0.717, 1.165) is 5.75 Å². The van der Waals surface area contributed by atoms with Gasteiger partial charge in [-0.3, -0.25) is 4.79 Å². The first-order chi connectivity index (χ1) is 9.09. The van der Waals surface area contributed by atoms with Gasteiger partial charge in [0.05, 0.1) is 6.61 Å². The molecule has 0 aliphatic rings. The Hall–Kier alpha value is -1.69. The molecule has 0 spiro atoms. The lowest BCUT2D eigenvalue weighted by molar-refractivity contribution is -0.122. The van der Waals surface area contributed by atoms with E-state index < -0.39 is 19.1 Å². The Labute approximate surface area is 110 Å². The fraction of sp³-hybridized carbons (Fsp3) is 0.462. The van der Waals surface area contributed by atoms with Crippen LogP contribution < -0.4 is 10.1 Å². The zero-order chi connectivity index (χ0) is 14.1. The first kappa shape index (κ1) is 15.4. The van der Waals surface area contributed by atoms with Crippen molar-refractivity contribution in [2.24, 2.45) is 0 Å². The van der Waals surface area contributed by atoms with E-state index >= 15 is 0 Å². The molecule has 19 heavy (non-hydrogen) atoms. The Kier molecular flexibility index (Phi) is 6.81. The predicted molar refractivity (Wildman–Crippen MR) is 66.2 cm³/mol. The molecule has 1 rings (SSSR count). The second-order valence-electron chi connectivity index (χ2n) is 3.97. The molecule has 0 heterocycles. The number of rotatable bonds is 8. The number of aliphatic hydroxyl groups excluding tert-OH is 1. The fourth-order valence-corrected chi connectivity index (χ4v) is 1.34.